The van der Waals surface area contributed by atoms with Crippen molar-refractivity contribution in [2.24, 2.45) is 5.92 Å². The van der Waals surface area contributed by atoms with Crippen molar-refractivity contribution in [3.63, 3.8) is 0 Å². The van der Waals surface area contributed by atoms with E-state index >= 15 is 0 Å². The van der Waals surface area contributed by atoms with E-state index in [1.807, 2.05) is 18.2 Å². The number of benzene rings is 1. The number of nitrogens with one attached hydrogen (secondary N) is 1. The first-order valence-corrected chi connectivity index (χ1v) is 8.63. The van der Waals surface area contributed by atoms with E-state index < -0.39 is 5.92 Å². The van der Waals surface area contributed by atoms with Crippen molar-refractivity contribution in [3.8, 4) is 6.07 Å². The van der Waals surface area contributed by atoms with Gasteiger partial charge in [-0.2, -0.15) is 5.26 Å². The van der Waals surface area contributed by atoms with Gasteiger partial charge in [0.25, 0.3) is 5.56 Å². The number of hydrogen-bond donors (Lipinski definition) is 1. The van der Waals surface area contributed by atoms with E-state index in [4.69, 9.17) is 10.7 Å². The quantitative estimate of drug-likeness (QED) is 0.495. The molecule has 0 aliphatic heterocycles. The van der Waals surface area contributed by atoms with Crippen LogP contribution < -0.4 is 5.56 Å². The number of carbonyl (C=O) groups is 1. The molecule has 1 aliphatic carbocycles. The third-order valence-corrected chi connectivity index (χ3v) is 4.89. The SMILES string of the molecule is CC(=N)C(C#N)C(=O)CSc1nc2ccccc2c(=O)n1C1CC1. The van der Waals surface area contributed by atoms with Gasteiger partial charge in [0.1, 0.15) is 5.92 Å². The summed E-state index contributed by atoms with van der Waals surface area (Å²) in [4.78, 5) is 29.4. The fraction of sp³-hybridized carbons (Fsp3) is 0.353. The number of ketones is 1. The molecule has 2 aromatic rings. The van der Waals surface area contributed by atoms with Crippen molar-refractivity contribution in [2.75, 3.05) is 5.75 Å². The van der Waals surface area contributed by atoms with E-state index in [-0.39, 0.29) is 28.8 Å². The molecule has 1 saturated carbocycles. The molecule has 1 aromatic heterocycles. The Morgan fingerprint density at radius 3 is 2.83 bits per heavy atom. The maximum absolute atomic E-state index is 12.7. The molecule has 1 unspecified atom stereocenters. The first kappa shape index (κ1) is 16.4. The third kappa shape index (κ3) is 3.10. The molecule has 1 N–H and O–H groups in total. The number of para-hydroxylation sites is 1. The van der Waals surface area contributed by atoms with E-state index in [9.17, 15) is 9.59 Å². The van der Waals surface area contributed by atoms with Crippen LogP contribution in [-0.4, -0.2) is 26.8 Å². The van der Waals surface area contributed by atoms with Crippen molar-refractivity contribution in [3.05, 3.63) is 34.6 Å². The molecule has 1 atom stereocenters. The predicted octanol–water partition coefficient (Wildman–Crippen LogP) is 2.57. The van der Waals surface area contributed by atoms with Crippen LogP contribution in [0.1, 0.15) is 25.8 Å². The lowest BCUT2D eigenvalue weighted by Gasteiger charge is -2.12. The molecule has 6 nitrogen and oxygen atoms in total. The number of fused-ring (bicyclic) bond motifs is 1. The Balaban J connectivity index is 1.93. The highest BCUT2D eigenvalue weighted by atomic mass is 32.2. The first-order chi connectivity index (χ1) is 11.5. The number of aromatic nitrogens is 2. The summed E-state index contributed by atoms with van der Waals surface area (Å²) in [6, 6.07) is 9.16. The van der Waals surface area contributed by atoms with Crippen molar-refractivity contribution >= 4 is 34.2 Å². The zero-order chi connectivity index (χ0) is 17.3. The second kappa shape index (κ2) is 6.57. The van der Waals surface area contributed by atoms with Crippen molar-refractivity contribution in [1.82, 2.24) is 9.55 Å². The normalized spacial score (nSPS) is 15.0. The van der Waals surface area contributed by atoms with Crippen LogP contribution in [0.2, 0.25) is 0 Å². The first-order valence-electron chi connectivity index (χ1n) is 7.64. The third-order valence-electron chi connectivity index (χ3n) is 3.92. The van der Waals surface area contributed by atoms with Crippen LogP contribution in [-0.2, 0) is 4.79 Å². The number of Topliss-reactive ketones (excluding diaryl/α,β-unsaturated/α-hetero) is 1. The second-order valence-electron chi connectivity index (χ2n) is 5.82. The van der Waals surface area contributed by atoms with Gasteiger partial charge in [0.2, 0.25) is 0 Å². The van der Waals surface area contributed by atoms with Crippen LogP contribution in [0, 0.1) is 22.7 Å². The highest BCUT2D eigenvalue weighted by Crippen LogP contribution is 2.36. The minimum Gasteiger partial charge on any atom is -0.308 e. The molecule has 1 aliphatic rings. The summed E-state index contributed by atoms with van der Waals surface area (Å²) in [5.41, 5.74) is 0.557. The number of carbonyl (C=O) groups excluding carboxylic acids is 1. The Morgan fingerprint density at radius 1 is 1.50 bits per heavy atom. The lowest BCUT2D eigenvalue weighted by atomic mass is 10.0. The average Bonchev–Trinajstić information content (AvgIpc) is 3.38. The Labute approximate surface area is 143 Å². The van der Waals surface area contributed by atoms with Gasteiger partial charge in [-0.1, -0.05) is 23.9 Å². The number of thioether (sulfide) groups is 1. The van der Waals surface area contributed by atoms with Crippen LogP contribution >= 0.6 is 11.8 Å². The molecule has 1 aromatic carbocycles. The maximum atomic E-state index is 12.7. The second-order valence-corrected chi connectivity index (χ2v) is 6.76. The van der Waals surface area contributed by atoms with Crippen LogP contribution in [0.3, 0.4) is 0 Å². The van der Waals surface area contributed by atoms with Crippen LogP contribution in [0.15, 0.2) is 34.2 Å². The lowest BCUT2D eigenvalue weighted by molar-refractivity contribution is -0.117. The molecule has 122 valence electrons. The summed E-state index contributed by atoms with van der Waals surface area (Å²) in [5.74, 6) is -1.34. The average molecular weight is 340 g/mol. The minimum atomic E-state index is -1.03. The fourth-order valence-corrected chi connectivity index (χ4v) is 3.48. The van der Waals surface area contributed by atoms with E-state index in [1.165, 1.54) is 18.7 Å². The summed E-state index contributed by atoms with van der Waals surface area (Å²) in [6.07, 6.45) is 1.86. The van der Waals surface area contributed by atoms with E-state index in [0.717, 1.165) is 12.8 Å². The minimum absolute atomic E-state index is 0.0198. The topological polar surface area (TPSA) is 99.6 Å². The number of hydrogen-bond acceptors (Lipinski definition) is 6. The van der Waals surface area contributed by atoms with Crippen LogP contribution in [0.4, 0.5) is 0 Å². The molecule has 1 heterocycles. The monoisotopic (exact) mass is 340 g/mol. The van der Waals surface area contributed by atoms with Crippen molar-refractivity contribution in [1.29, 1.82) is 10.7 Å². The fourth-order valence-electron chi connectivity index (χ4n) is 2.51. The largest absolute Gasteiger partial charge is 0.308 e. The van der Waals surface area contributed by atoms with Gasteiger partial charge >= 0.3 is 0 Å². The molecule has 0 bridgehead atoms. The van der Waals surface area contributed by atoms with Gasteiger partial charge in [-0.05, 0) is 31.9 Å². The molecule has 24 heavy (non-hydrogen) atoms. The smallest absolute Gasteiger partial charge is 0.262 e. The maximum Gasteiger partial charge on any atom is 0.262 e. The Morgan fingerprint density at radius 2 is 2.21 bits per heavy atom. The molecule has 0 saturated heterocycles. The Hall–Kier alpha value is -2.46. The number of nitrogens with zero attached hydrogens (tertiary/aromatic N) is 3. The summed E-state index contributed by atoms with van der Waals surface area (Å²) in [5, 5.41) is 17.6. The predicted molar refractivity (Wildman–Crippen MR) is 92.5 cm³/mol. The van der Waals surface area contributed by atoms with Crippen LogP contribution in [0.5, 0.6) is 0 Å². The number of nitriles is 1. The standard InChI is InChI=1S/C17H16N4O2S/c1-10(19)13(8-18)15(22)9-24-17-20-14-5-3-2-4-12(14)16(23)21(17)11-6-7-11/h2-5,11,13,19H,6-7,9H2,1H3. The summed E-state index contributed by atoms with van der Waals surface area (Å²) >= 11 is 1.17. The highest BCUT2D eigenvalue weighted by molar-refractivity contribution is 7.99. The van der Waals surface area contributed by atoms with Crippen LogP contribution in [0.25, 0.3) is 10.9 Å². The summed E-state index contributed by atoms with van der Waals surface area (Å²) < 4.78 is 1.67. The highest BCUT2D eigenvalue weighted by Gasteiger charge is 2.29. The van der Waals surface area contributed by atoms with E-state index in [0.29, 0.717) is 16.1 Å². The van der Waals surface area contributed by atoms with E-state index in [1.54, 1.807) is 16.7 Å². The Kier molecular flexibility index (Phi) is 4.49. The van der Waals surface area contributed by atoms with Gasteiger partial charge < -0.3 is 5.41 Å². The molecule has 3 rings (SSSR count). The zero-order valence-electron chi connectivity index (χ0n) is 13.2. The Bertz CT molecular complexity index is 924. The van der Waals surface area contributed by atoms with Gasteiger partial charge in [-0.15, -0.1) is 0 Å². The molecular weight excluding hydrogens is 324 g/mol. The number of rotatable bonds is 6. The molecular formula is C17H16N4O2S. The molecule has 0 spiro atoms. The summed E-state index contributed by atoms with van der Waals surface area (Å²) in [7, 11) is 0. The lowest BCUT2D eigenvalue weighted by Crippen LogP contribution is -2.24. The van der Waals surface area contributed by atoms with Gasteiger partial charge in [0.05, 0.1) is 22.7 Å². The van der Waals surface area contributed by atoms with Gasteiger partial charge in [0.15, 0.2) is 10.9 Å². The van der Waals surface area contributed by atoms with Crippen molar-refractivity contribution in [2.45, 2.75) is 31.0 Å². The molecule has 1 fully saturated rings. The molecule has 7 heteroatoms. The zero-order valence-corrected chi connectivity index (χ0v) is 14.0. The van der Waals surface area contributed by atoms with Gasteiger partial charge in [-0.3, -0.25) is 14.2 Å². The van der Waals surface area contributed by atoms with Gasteiger partial charge in [-0.25, -0.2) is 4.98 Å². The van der Waals surface area contributed by atoms with E-state index in [2.05, 4.69) is 4.98 Å². The molecule has 0 amide bonds. The van der Waals surface area contributed by atoms with Crippen molar-refractivity contribution < 1.29 is 4.79 Å². The summed E-state index contributed by atoms with van der Waals surface area (Å²) in [6.45, 7) is 1.45. The van der Waals surface area contributed by atoms with Gasteiger partial charge in [0, 0.05) is 11.8 Å². The molecule has 0 radical (unpaired) electrons.